The molecule has 4 fully saturated rings. The smallest absolute Gasteiger partial charge is 0.108 e. The van der Waals surface area contributed by atoms with Gasteiger partial charge in [-0.25, -0.2) is 0 Å². The van der Waals surface area contributed by atoms with E-state index >= 15 is 0 Å². The Bertz CT molecular complexity index is 576. The average Bonchev–Trinajstić information content (AvgIpc) is 3.34. The van der Waals surface area contributed by atoms with Gasteiger partial charge in [-0.2, -0.15) is 0 Å². The second-order valence-corrected chi connectivity index (χ2v) is 8.62. The minimum atomic E-state index is -0.951. The Balaban J connectivity index is 1.35. The maximum Gasteiger partial charge on any atom is 0.108 e. The average molecular weight is 404 g/mol. The molecule has 2 saturated heterocycles. The number of aliphatic hydroxyl groups excluding tert-OH is 5. The van der Waals surface area contributed by atoms with Gasteiger partial charge in [0.2, 0.25) is 0 Å². The van der Waals surface area contributed by atoms with Gasteiger partial charge in [-0.15, -0.1) is 0 Å². The second-order valence-electron chi connectivity index (χ2n) is 8.62. The lowest BCUT2D eigenvalue weighted by Gasteiger charge is -2.52. The molecular weight excluding hydrogens is 372 g/mol. The van der Waals surface area contributed by atoms with Crippen molar-refractivity contribution in [2.24, 2.45) is 23.7 Å². The minimum absolute atomic E-state index is 0.0700. The first-order valence-electron chi connectivity index (χ1n) is 10.1. The number of hydrogen-bond acceptors (Lipinski definition) is 9. The summed E-state index contributed by atoms with van der Waals surface area (Å²) in [7, 11) is 1.56. The fraction of sp³-hybridized carbons (Fsp3) is 1.00. The standard InChI is InChI=1S/C19H32O9/c1-3-10-16(24)14(22)9(6-27-10)5-26-7-11-15(23)13-17-18(8-21,28-11)12(4-20)19(13,17)25-2/h9-17,20-24H,3-8H2,1-2H3/t9-,10-,11-,12+,13?,14?,15?,16+,17?,18?,19?/m0/s1. The van der Waals surface area contributed by atoms with E-state index in [0.29, 0.717) is 6.42 Å². The van der Waals surface area contributed by atoms with Crippen LogP contribution < -0.4 is 0 Å². The third-order valence-corrected chi connectivity index (χ3v) is 7.58. The van der Waals surface area contributed by atoms with Crippen LogP contribution >= 0.6 is 0 Å². The van der Waals surface area contributed by atoms with Crippen molar-refractivity contribution in [3.8, 4) is 0 Å². The molecule has 9 heteroatoms. The maximum atomic E-state index is 10.7. The highest BCUT2D eigenvalue weighted by Crippen LogP contribution is 2.79. The van der Waals surface area contributed by atoms with E-state index in [2.05, 4.69) is 0 Å². The van der Waals surface area contributed by atoms with Crippen LogP contribution in [0.4, 0.5) is 0 Å². The molecule has 6 unspecified atom stereocenters. The molecule has 0 spiro atoms. The van der Waals surface area contributed by atoms with Crippen LogP contribution in [0.25, 0.3) is 0 Å². The van der Waals surface area contributed by atoms with Crippen LogP contribution in [-0.4, -0.2) is 107 Å². The minimum Gasteiger partial charge on any atom is -0.396 e. The monoisotopic (exact) mass is 404 g/mol. The van der Waals surface area contributed by atoms with Crippen LogP contribution in [0.2, 0.25) is 0 Å². The SMILES string of the molecule is CC[C@@H]1OC[C@H](COC[C@@H]2OC3(CO)C4C(C2O)C4(OC)[C@@H]3CO)C(O)[C@@H]1O. The molecule has 0 amide bonds. The van der Waals surface area contributed by atoms with Crippen molar-refractivity contribution in [3.63, 3.8) is 0 Å². The Labute approximate surface area is 164 Å². The van der Waals surface area contributed by atoms with Gasteiger partial charge >= 0.3 is 0 Å². The Hall–Kier alpha value is -0.360. The molecule has 2 aliphatic heterocycles. The van der Waals surface area contributed by atoms with Crippen molar-refractivity contribution < 1.29 is 44.5 Å². The zero-order valence-electron chi connectivity index (χ0n) is 16.3. The first-order chi connectivity index (χ1) is 13.4. The molecule has 9 nitrogen and oxygen atoms in total. The first kappa shape index (κ1) is 20.9. The van der Waals surface area contributed by atoms with Crippen LogP contribution in [0.3, 0.4) is 0 Å². The largest absolute Gasteiger partial charge is 0.396 e. The summed E-state index contributed by atoms with van der Waals surface area (Å²) in [5, 5.41) is 50.8. The van der Waals surface area contributed by atoms with E-state index in [4.69, 9.17) is 18.9 Å². The zero-order chi connectivity index (χ0) is 20.3. The molecular formula is C19H32O9. The Morgan fingerprint density at radius 1 is 1.04 bits per heavy atom. The van der Waals surface area contributed by atoms with E-state index in [-0.39, 0.29) is 62.8 Å². The Kier molecular flexibility index (Phi) is 5.52. The number of aliphatic hydroxyl groups is 5. The fourth-order valence-electron chi connectivity index (χ4n) is 6.12. The van der Waals surface area contributed by atoms with E-state index in [1.807, 2.05) is 6.92 Å². The molecule has 4 aliphatic rings. The molecule has 0 bridgehead atoms. The maximum absolute atomic E-state index is 10.7. The van der Waals surface area contributed by atoms with E-state index in [1.165, 1.54) is 0 Å². The summed E-state index contributed by atoms with van der Waals surface area (Å²) >= 11 is 0. The van der Waals surface area contributed by atoms with Crippen molar-refractivity contribution in [2.45, 2.75) is 55.1 Å². The molecule has 162 valence electrons. The van der Waals surface area contributed by atoms with Crippen molar-refractivity contribution in [1.82, 2.24) is 0 Å². The molecule has 0 radical (unpaired) electrons. The summed E-state index contributed by atoms with van der Waals surface area (Å²) in [6.45, 7) is 1.95. The lowest BCUT2D eigenvalue weighted by atomic mass is 9.67. The summed E-state index contributed by atoms with van der Waals surface area (Å²) in [5.41, 5.74) is -1.56. The molecule has 2 saturated carbocycles. The summed E-state index contributed by atoms with van der Waals surface area (Å²) in [6.07, 6.45) is -3.14. The van der Waals surface area contributed by atoms with Crippen molar-refractivity contribution >= 4 is 0 Å². The lowest BCUT2D eigenvalue weighted by molar-refractivity contribution is -0.278. The quantitative estimate of drug-likeness (QED) is 0.308. The van der Waals surface area contributed by atoms with Crippen LogP contribution in [0.5, 0.6) is 0 Å². The van der Waals surface area contributed by atoms with Crippen molar-refractivity contribution in [2.75, 3.05) is 40.1 Å². The molecule has 2 heterocycles. The number of fused-ring (bicyclic) bond motifs is 1. The van der Waals surface area contributed by atoms with E-state index in [9.17, 15) is 25.5 Å². The van der Waals surface area contributed by atoms with Gasteiger partial charge in [0.1, 0.15) is 17.8 Å². The van der Waals surface area contributed by atoms with Crippen LogP contribution in [-0.2, 0) is 18.9 Å². The third kappa shape index (κ3) is 2.58. The predicted molar refractivity (Wildman–Crippen MR) is 94.3 cm³/mol. The summed E-state index contributed by atoms with van der Waals surface area (Å²) < 4.78 is 23.0. The molecule has 4 rings (SSSR count). The van der Waals surface area contributed by atoms with Crippen LogP contribution in [0.1, 0.15) is 13.3 Å². The van der Waals surface area contributed by atoms with Gasteiger partial charge in [0.15, 0.2) is 0 Å². The van der Waals surface area contributed by atoms with Crippen LogP contribution in [0.15, 0.2) is 0 Å². The van der Waals surface area contributed by atoms with Gasteiger partial charge in [0, 0.05) is 30.8 Å². The number of hydrogen-bond donors (Lipinski definition) is 5. The lowest BCUT2D eigenvalue weighted by Crippen LogP contribution is -2.66. The first-order valence-corrected chi connectivity index (χ1v) is 10.1. The zero-order valence-corrected chi connectivity index (χ0v) is 16.3. The summed E-state index contributed by atoms with van der Waals surface area (Å²) in [6, 6.07) is 0. The second kappa shape index (κ2) is 7.40. The molecule has 11 atom stereocenters. The highest BCUT2D eigenvalue weighted by Gasteiger charge is 2.92. The van der Waals surface area contributed by atoms with Gasteiger partial charge in [-0.1, -0.05) is 6.92 Å². The fourth-order valence-corrected chi connectivity index (χ4v) is 6.12. The molecule has 2 aliphatic carbocycles. The van der Waals surface area contributed by atoms with Crippen molar-refractivity contribution in [3.05, 3.63) is 0 Å². The summed E-state index contributed by atoms with van der Waals surface area (Å²) in [5.74, 6) is -1.10. The highest BCUT2D eigenvalue weighted by atomic mass is 16.6. The predicted octanol–water partition coefficient (Wildman–Crippen LogP) is -2.11. The number of methoxy groups -OCH3 is 1. The molecule has 0 aromatic heterocycles. The third-order valence-electron chi connectivity index (χ3n) is 7.58. The number of ether oxygens (including phenoxy) is 4. The van der Waals surface area contributed by atoms with Gasteiger partial charge in [0.05, 0.1) is 56.9 Å². The molecule has 5 N–H and O–H groups in total. The molecule has 0 aromatic carbocycles. The van der Waals surface area contributed by atoms with Gasteiger partial charge in [-0.05, 0) is 6.42 Å². The Morgan fingerprint density at radius 2 is 1.79 bits per heavy atom. The number of rotatable bonds is 8. The van der Waals surface area contributed by atoms with Gasteiger partial charge in [0.25, 0.3) is 0 Å². The van der Waals surface area contributed by atoms with E-state index in [1.54, 1.807) is 7.11 Å². The summed E-state index contributed by atoms with van der Waals surface area (Å²) in [4.78, 5) is 0. The van der Waals surface area contributed by atoms with E-state index < -0.39 is 35.6 Å². The highest BCUT2D eigenvalue weighted by molar-refractivity contribution is 5.40. The molecule has 28 heavy (non-hydrogen) atoms. The van der Waals surface area contributed by atoms with E-state index in [0.717, 1.165) is 0 Å². The Morgan fingerprint density at radius 3 is 2.39 bits per heavy atom. The topological polar surface area (TPSA) is 138 Å². The molecule has 0 aromatic rings. The van der Waals surface area contributed by atoms with Crippen LogP contribution in [0, 0.1) is 23.7 Å². The van der Waals surface area contributed by atoms with Crippen molar-refractivity contribution in [1.29, 1.82) is 0 Å². The van der Waals surface area contributed by atoms with Gasteiger partial charge in [-0.3, -0.25) is 0 Å². The van der Waals surface area contributed by atoms with Gasteiger partial charge < -0.3 is 44.5 Å². The normalized spacial score (nSPS) is 54.8.